The van der Waals surface area contributed by atoms with Crippen molar-refractivity contribution in [2.75, 3.05) is 0 Å². The van der Waals surface area contributed by atoms with Crippen LogP contribution in [0.5, 0.6) is 0 Å². The Labute approximate surface area is 59.8 Å². The molecule has 0 saturated heterocycles. The van der Waals surface area contributed by atoms with Crippen molar-refractivity contribution < 1.29 is 0 Å². The van der Waals surface area contributed by atoms with Crippen molar-refractivity contribution in [1.29, 1.82) is 5.26 Å². The van der Waals surface area contributed by atoms with Crippen LogP contribution in [0.15, 0.2) is 16.9 Å². The molecule has 0 aromatic heterocycles. The Bertz CT molecular complexity index is 186. The molecule has 0 fully saturated rings. The van der Waals surface area contributed by atoms with E-state index in [-0.39, 0.29) is 6.04 Å². The van der Waals surface area contributed by atoms with Crippen LogP contribution in [-0.2, 0) is 0 Å². The lowest BCUT2D eigenvalue weighted by molar-refractivity contribution is 0.945. The van der Waals surface area contributed by atoms with Crippen molar-refractivity contribution >= 4 is 6.21 Å². The second kappa shape index (κ2) is 4.39. The van der Waals surface area contributed by atoms with E-state index in [1.807, 2.05) is 6.07 Å². The maximum Gasteiger partial charge on any atom is 0.133 e. The number of nitrogens with two attached hydrogens (primary N) is 2. The van der Waals surface area contributed by atoms with E-state index in [1.165, 1.54) is 12.4 Å². The highest BCUT2D eigenvalue weighted by Gasteiger charge is 1.89. The zero-order chi connectivity index (χ0) is 7.98. The van der Waals surface area contributed by atoms with E-state index in [0.29, 0.717) is 5.70 Å². The minimum atomic E-state index is -0.363. The fraction of sp³-hybridized carbons (Fsp3) is 0.333. The standard InChI is InChI=1S/C6H10N4/c1-5(2-7)10-4-6(9)3-8/h3-5H,8-9H2,1H3/b6-3+,10-4?. The number of allylic oxidation sites excluding steroid dienone is 1. The molecule has 4 heteroatoms. The predicted molar refractivity (Wildman–Crippen MR) is 40.0 cm³/mol. The molecule has 1 unspecified atom stereocenters. The predicted octanol–water partition coefficient (Wildman–Crippen LogP) is -0.272. The molecule has 1 atom stereocenters. The smallest absolute Gasteiger partial charge is 0.133 e. The molecule has 0 radical (unpaired) electrons. The van der Waals surface area contributed by atoms with Gasteiger partial charge in [0.15, 0.2) is 0 Å². The average molecular weight is 138 g/mol. The van der Waals surface area contributed by atoms with Crippen molar-refractivity contribution in [1.82, 2.24) is 0 Å². The zero-order valence-electron chi connectivity index (χ0n) is 5.78. The van der Waals surface area contributed by atoms with Crippen molar-refractivity contribution in [2.24, 2.45) is 16.5 Å². The van der Waals surface area contributed by atoms with Gasteiger partial charge in [0.05, 0.1) is 11.8 Å². The van der Waals surface area contributed by atoms with Gasteiger partial charge in [0.1, 0.15) is 6.04 Å². The van der Waals surface area contributed by atoms with Gasteiger partial charge in [0.2, 0.25) is 0 Å². The summed E-state index contributed by atoms with van der Waals surface area (Å²) in [6, 6.07) is 1.56. The van der Waals surface area contributed by atoms with Crippen LogP contribution in [0.3, 0.4) is 0 Å². The van der Waals surface area contributed by atoms with Crippen LogP contribution in [0.4, 0.5) is 0 Å². The SMILES string of the molecule is CC(C#N)N=C/C(N)=C\N. The molecule has 0 aliphatic carbocycles. The molecule has 0 aliphatic heterocycles. The van der Waals surface area contributed by atoms with E-state index in [4.69, 9.17) is 16.7 Å². The minimum absolute atomic E-state index is 0.363. The van der Waals surface area contributed by atoms with E-state index in [9.17, 15) is 0 Å². The molecule has 0 heterocycles. The molecule has 0 amide bonds. The second-order valence-electron chi connectivity index (χ2n) is 1.75. The lowest BCUT2D eigenvalue weighted by Gasteiger charge is -1.91. The van der Waals surface area contributed by atoms with Crippen LogP contribution in [0.1, 0.15) is 6.92 Å². The van der Waals surface area contributed by atoms with E-state index in [0.717, 1.165) is 0 Å². The normalized spacial score (nSPS) is 15.0. The van der Waals surface area contributed by atoms with Gasteiger partial charge in [-0.3, -0.25) is 4.99 Å². The van der Waals surface area contributed by atoms with Gasteiger partial charge >= 0.3 is 0 Å². The highest BCUT2D eigenvalue weighted by atomic mass is 14.8. The Balaban J connectivity index is 3.90. The van der Waals surface area contributed by atoms with Crippen LogP contribution in [0, 0.1) is 11.3 Å². The molecule has 0 spiro atoms. The summed E-state index contributed by atoms with van der Waals surface area (Å²) in [7, 11) is 0. The first kappa shape index (κ1) is 8.50. The topological polar surface area (TPSA) is 88.2 Å². The second-order valence-corrected chi connectivity index (χ2v) is 1.75. The number of nitriles is 1. The number of nitrogens with zero attached hydrogens (tertiary/aromatic N) is 2. The summed E-state index contributed by atoms with van der Waals surface area (Å²) in [5.41, 5.74) is 10.7. The molecule has 0 aromatic rings. The Morgan fingerprint density at radius 3 is 2.80 bits per heavy atom. The fourth-order valence-corrected chi connectivity index (χ4v) is 0.274. The lowest BCUT2D eigenvalue weighted by Crippen LogP contribution is -2.03. The Morgan fingerprint density at radius 1 is 1.80 bits per heavy atom. The van der Waals surface area contributed by atoms with Gasteiger partial charge in [-0.05, 0) is 6.92 Å². The first-order chi connectivity index (χ1) is 4.70. The summed E-state index contributed by atoms with van der Waals surface area (Å²) < 4.78 is 0. The molecule has 54 valence electrons. The first-order valence-corrected chi connectivity index (χ1v) is 2.81. The molecule has 4 nitrogen and oxygen atoms in total. The summed E-state index contributed by atoms with van der Waals surface area (Å²) in [5, 5.41) is 8.27. The third kappa shape index (κ3) is 3.50. The number of rotatable bonds is 2. The minimum Gasteiger partial charge on any atom is -0.403 e. The van der Waals surface area contributed by atoms with Gasteiger partial charge < -0.3 is 11.5 Å². The molecule has 4 N–H and O–H groups in total. The quantitative estimate of drug-likeness (QED) is 0.515. The molecule has 0 rings (SSSR count). The third-order valence-corrected chi connectivity index (χ3v) is 0.826. The van der Waals surface area contributed by atoms with E-state index >= 15 is 0 Å². The van der Waals surface area contributed by atoms with Crippen molar-refractivity contribution in [3.63, 3.8) is 0 Å². The first-order valence-electron chi connectivity index (χ1n) is 2.81. The van der Waals surface area contributed by atoms with Gasteiger partial charge in [-0.25, -0.2) is 0 Å². The Morgan fingerprint density at radius 2 is 2.40 bits per heavy atom. The van der Waals surface area contributed by atoms with Gasteiger partial charge in [0, 0.05) is 12.4 Å². The summed E-state index contributed by atoms with van der Waals surface area (Å²) in [5.74, 6) is 0. The van der Waals surface area contributed by atoms with Crippen LogP contribution in [0.2, 0.25) is 0 Å². The van der Waals surface area contributed by atoms with Crippen LogP contribution < -0.4 is 11.5 Å². The molecule has 10 heavy (non-hydrogen) atoms. The van der Waals surface area contributed by atoms with Crippen molar-refractivity contribution in [3.8, 4) is 6.07 Å². The zero-order valence-corrected chi connectivity index (χ0v) is 5.78. The molecule has 0 bridgehead atoms. The Kier molecular flexibility index (Phi) is 3.73. The fourth-order valence-electron chi connectivity index (χ4n) is 0.274. The van der Waals surface area contributed by atoms with Crippen LogP contribution in [-0.4, -0.2) is 12.3 Å². The average Bonchev–Trinajstić information content (AvgIpc) is 1.99. The van der Waals surface area contributed by atoms with E-state index in [2.05, 4.69) is 4.99 Å². The Hall–Kier alpha value is -1.50. The molecular formula is C6H10N4. The van der Waals surface area contributed by atoms with Crippen LogP contribution in [0.25, 0.3) is 0 Å². The molecule has 0 saturated carbocycles. The highest BCUT2D eigenvalue weighted by Crippen LogP contribution is 1.84. The van der Waals surface area contributed by atoms with Gasteiger partial charge in [-0.2, -0.15) is 5.26 Å². The van der Waals surface area contributed by atoms with Gasteiger partial charge in [-0.1, -0.05) is 0 Å². The van der Waals surface area contributed by atoms with Crippen molar-refractivity contribution in [3.05, 3.63) is 11.9 Å². The molecule has 0 aliphatic rings. The number of hydrogen-bond donors (Lipinski definition) is 2. The summed E-state index contributed by atoms with van der Waals surface area (Å²) in [6.45, 7) is 1.67. The third-order valence-electron chi connectivity index (χ3n) is 0.826. The number of hydrogen-bond acceptors (Lipinski definition) is 4. The maximum atomic E-state index is 8.27. The van der Waals surface area contributed by atoms with Crippen LogP contribution >= 0.6 is 0 Å². The van der Waals surface area contributed by atoms with E-state index in [1.54, 1.807) is 6.92 Å². The largest absolute Gasteiger partial charge is 0.403 e. The summed E-state index contributed by atoms with van der Waals surface area (Å²) >= 11 is 0. The highest BCUT2D eigenvalue weighted by molar-refractivity contribution is 5.77. The van der Waals surface area contributed by atoms with Gasteiger partial charge in [0.25, 0.3) is 0 Å². The summed E-state index contributed by atoms with van der Waals surface area (Å²) in [4.78, 5) is 3.75. The molecular weight excluding hydrogens is 128 g/mol. The maximum absolute atomic E-state index is 8.27. The van der Waals surface area contributed by atoms with E-state index < -0.39 is 0 Å². The monoisotopic (exact) mass is 138 g/mol. The number of aliphatic imine (C=N–C) groups is 1. The van der Waals surface area contributed by atoms with Gasteiger partial charge in [-0.15, -0.1) is 0 Å². The van der Waals surface area contributed by atoms with Crippen molar-refractivity contribution in [2.45, 2.75) is 13.0 Å². The lowest BCUT2D eigenvalue weighted by atomic mass is 10.4. The summed E-state index contributed by atoms with van der Waals surface area (Å²) in [6.07, 6.45) is 2.60. The molecule has 0 aromatic carbocycles.